The van der Waals surface area contributed by atoms with Gasteiger partial charge in [-0.3, -0.25) is 19.7 Å². The second-order valence-electron chi connectivity index (χ2n) is 6.94. The molecule has 8 heteroatoms. The molecule has 2 rings (SSSR count). The molecule has 8 nitrogen and oxygen atoms in total. The molecule has 0 fully saturated rings. The second kappa shape index (κ2) is 11.7. The lowest BCUT2D eigenvalue weighted by Gasteiger charge is -2.27. The number of carbonyl (C=O) groups is 3. The number of benzene rings is 2. The summed E-state index contributed by atoms with van der Waals surface area (Å²) in [6.45, 7) is 1.08. The summed E-state index contributed by atoms with van der Waals surface area (Å²) >= 11 is 0. The standard InChI is InChI=1S/C22H28N4O4/c1-16(22(29)30)24-19(13-12-17-8-4-2-5-9-17)21(28)26(15-23)14-20(27)25-18-10-6-3-7-11-18/h2-11,16,19,24H,12-15,23H2,1H3,(H,25,27)(H,29,30)/t16-,19+/m1/s1. The highest BCUT2D eigenvalue weighted by molar-refractivity contribution is 5.95. The number of carboxylic acids is 1. The number of amides is 2. The third kappa shape index (κ3) is 7.31. The van der Waals surface area contributed by atoms with Gasteiger partial charge in [0.05, 0.1) is 12.7 Å². The van der Waals surface area contributed by atoms with Gasteiger partial charge in [0.2, 0.25) is 11.8 Å². The predicted molar refractivity (Wildman–Crippen MR) is 115 cm³/mol. The number of anilines is 1. The zero-order chi connectivity index (χ0) is 21.9. The smallest absolute Gasteiger partial charge is 0.320 e. The molecule has 30 heavy (non-hydrogen) atoms. The largest absolute Gasteiger partial charge is 0.480 e. The van der Waals surface area contributed by atoms with Crippen LogP contribution in [0.2, 0.25) is 0 Å². The molecule has 0 unspecified atom stereocenters. The number of nitrogens with two attached hydrogens (primary N) is 1. The summed E-state index contributed by atoms with van der Waals surface area (Å²) in [4.78, 5) is 37.9. The molecule has 0 aliphatic rings. The second-order valence-corrected chi connectivity index (χ2v) is 6.94. The topological polar surface area (TPSA) is 125 Å². The summed E-state index contributed by atoms with van der Waals surface area (Å²) in [5.74, 6) is -1.86. The number of nitrogens with zero attached hydrogens (tertiary/aromatic N) is 1. The number of carbonyl (C=O) groups excluding carboxylic acids is 2. The van der Waals surface area contributed by atoms with Crippen LogP contribution in [0.5, 0.6) is 0 Å². The summed E-state index contributed by atoms with van der Waals surface area (Å²) in [5, 5.41) is 14.8. The lowest BCUT2D eigenvalue weighted by molar-refractivity contribution is -0.141. The van der Waals surface area contributed by atoms with E-state index in [9.17, 15) is 19.5 Å². The molecule has 0 aliphatic carbocycles. The molecule has 5 N–H and O–H groups in total. The van der Waals surface area contributed by atoms with Crippen LogP contribution >= 0.6 is 0 Å². The fourth-order valence-corrected chi connectivity index (χ4v) is 2.96. The zero-order valence-electron chi connectivity index (χ0n) is 17.0. The molecule has 0 aromatic heterocycles. The van der Waals surface area contributed by atoms with Gasteiger partial charge in [0.25, 0.3) is 0 Å². The van der Waals surface area contributed by atoms with Crippen LogP contribution in [0.3, 0.4) is 0 Å². The summed E-state index contributed by atoms with van der Waals surface area (Å²) < 4.78 is 0. The summed E-state index contributed by atoms with van der Waals surface area (Å²) in [5.41, 5.74) is 7.38. The van der Waals surface area contributed by atoms with Crippen LogP contribution in [0.15, 0.2) is 60.7 Å². The van der Waals surface area contributed by atoms with Crippen LogP contribution in [0.1, 0.15) is 18.9 Å². The summed E-state index contributed by atoms with van der Waals surface area (Å²) in [7, 11) is 0. The molecule has 2 aromatic carbocycles. The monoisotopic (exact) mass is 412 g/mol. The van der Waals surface area contributed by atoms with E-state index in [0.717, 1.165) is 5.56 Å². The van der Waals surface area contributed by atoms with Crippen LogP contribution < -0.4 is 16.4 Å². The van der Waals surface area contributed by atoms with E-state index < -0.39 is 24.0 Å². The minimum absolute atomic E-state index is 0.161. The number of aliphatic carboxylic acids is 1. The Bertz CT molecular complexity index is 830. The van der Waals surface area contributed by atoms with Crippen molar-refractivity contribution in [2.45, 2.75) is 31.8 Å². The van der Waals surface area contributed by atoms with E-state index in [1.54, 1.807) is 24.3 Å². The van der Waals surface area contributed by atoms with Gasteiger partial charge in [-0.2, -0.15) is 0 Å². The number of rotatable bonds is 11. The van der Waals surface area contributed by atoms with E-state index in [1.165, 1.54) is 11.8 Å². The van der Waals surface area contributed by atoms with Gasteiger partial charge in [-0.15, -0.1) is 0 Å². The van der Waals surface area contributed by atoms with Crippen LogP contribution in [0.25, 0.3) is 0 Å². The highest BCUT2D eigenvalue weighted by Crippen LogP contribution is 2.09. The fourth-order valence-electron chi connectivity index (χ4n) is 2.96. The fraction of sp³-hybridized carbons (Fsp3) is 0.318. The van der Waals surface area contributed by atoms with E-state index in [4.69, 9.17) is 5.73 Å². The van der Waals surface area contributed by atoms with Crippen molar-refractivity contribution in [1.29, 1.82) is 0 Å². The van der Waals surface area contributed by atoms with Crippen molar-refractivity contribution in [2.24, 2.45) is 5.73 Å². The summed E-state index contributed by atoms with van der Waals surface area (Å²) in [6, 6.07) is 16.8. The lowest BCUT2D eigenvalue weighted by Crippen LogP contribution is -2.54. The number of para-hydroxylation sites is 1. The molecule has 2 atom stereocenters. The van der Waals surface area contributed by atoms with Crippen LogP contribution in [-0.2, 0) is 20.8 Å². The number of hydrogen-bond donors (Lipinski definition) is 4. The highest BCUT2D eigenvalue weighted by Gasteiger charge is 2.28. The molecule has 0 saturated heterocycles. The Morgan fingerprint density at radius 1 is 1.03 bits per heavy atom. The normalized spacial score (nSPS) is 12.6. The molecule has 0 bridgehead atoms. The predicted octanol–water partition coefficient (Wildman–Crippen LogP) is 1.43. The Hall–Kier alpha value is -3.23. The maximum atomic E-state index is 13.1. The van der Waals surface area contributed by atoms with Gasteiger partial charge in [0.15, 0.2) is 0 Å². The quantitative estimate of drug-likeness (QED) is 0.414. The van der Waals surface area contributed by atoms with Gasteiger partial charge in [0.1, 0.15) is 12.6 Å². The number of aryl methyl sites for hydroxylation is 1. The maximum Gasteiger partial charge on any atom is 0.320 e. The van der Waals surface area contributed by atoms with Gasteiger partial charge >= 0.3 is 5.97 Å². The lowest BCUT2D eigenvalue weighted by atomic mass is 10.0. The van der Waals surface area contributed by atoms with Crippen molar-refractivity contribution < 1.29 is 19.5 Å². The van der Waals surface area contributed by atoms with E-state index in [-0.39, 0.29) is 19.1 Å². The SMILES string of the molecule is C[C@@H](N[C@@H](CCc1ccccc1)C(=O)N(CN)CC(=O)Nc1ccccc1)C(=O)O. The molecule has 0 spiro atoms. The average molecular weight is 412 g/mol. The first-order valence-electron chi connectivity index (χ1n) is 9.77. The van der Waals surface area contributed by atoms with E-state index in [1.807, 2.05) is 36.4 Å². The summed E-state index contributed by atoms with van der Waals surface area (Å²) in [6.07, 6.45) is 0.947. The first kappa shape index (κ1) is 23.1. The van der Waals surface area contributed by atoms with Crippen molar-refractivity contribution in [3.05, 3.63) is 66.2 Å². The van der Waals surface area contributed by atoms with Gasteiger partial charge in [-0.1, -0.05) is 48.5 Å². The first-order chi connectivity index (χ1) is 14.4. The number of hydrogen-bond acceptors (Lipinski definition) is 5. The Balaban J connectivity index is 2.05. The van der Waals surface area contributed by atoms with Gasteiger partial charge in [0, 0.05) is 5.69 Å². The minimum atomic E-state index is -1.06. The van der Waals surface area contributed by atoms with Gasteiger partial charge in [-0.05, 0) is 37.5 Å². The number of carboxylic acid groups (broad SMARTS) is 1. The van der Waals surface area contributed by atoms with Crippen LogP contribution in [0, 0.1) is 0 Å². The van der Waals surface area contributed by atoms with Gasteiger partial charge < -0.3 is 21.1 Å². The maximum absolute atomic E-state index is 13.1. The van der Waals surface area contributed by atoms with Crippen molar-refractivity contribution in [3.63, 3.8) is 0 Å². The molecular formula is C22H28N4O4. The number of nitrogens with one attached hydrogen (secondary N) is 2. The highest BCUT2D eigenvalue weighted by atomic mass is 16.4. The minimum Gasteiger partial charge on any atom is -0.480 e. The van der Waals surface area contributed by atoms with Crippen molar-refractivity contribution >= 4 is 23.5 Å². The first-order valence-corrected chi connectivity index (χ1v) is 9.77. The molecule has 0 aliphatic heterocycles. The van der Waals surface area contributed by atoms with E-state index in [2.05, 4.69) is 10.6 Å². The molecular weight excluding hydrogens is 384 g/mol. The molecule has 2 amide bonds. The van der Waals surface area contributed by atoms with Gasteiger partial charge in [-0.25, -0.2) is 0 Å². The molecule has 160 valence electrons. The molecule has 0 saturated carbocycles. The Kier molecular flexibility index (Phi) is 8.99. The van der Waals surface area contributed by atoms with E-state index >= 15 is 0 Å². The molecule has 2 aromatic rings. The Morgan fingerprint density at radius 3 is 2.20 bits per heavy atom. The third-order valence-electron chi connectivity index (χ3n) is 4.61. The van der Waals surface area contributed by atoms with Crippen molar-refractivity contribution in [3.8, 4) is 0 Å². The third-order valence-corrected chi connectivity index (χ3v) is 4.61. The zero-order valence-corrected chi connectivity index (χ0v) is 17.0. The van der Waals surface area contributed by atoms with Crippen molar-refractivity contribution in [2.75, 3.05) is 18.5 Å². The van der Waals surface area contributed by atoms with Crippen LogP contribution in [0.4, 0.5) is 5.69 Å². The molecule has 0 radical (unpaired) electrons. The Labute approximate surface area is 176 Å². The molecule has 0 heterocycles. The van der Waals surface area contributed by atoms with E-state index in [0.29, 0.717) is 18.5 Å². The van der Waals surface area contributed by atoms with Crippen LogP contribution in [-0.4, -0.2) is 53.1 Å². The average Bonchev–Trinajstić information content (AvgIpc) is 2.75. The Morgan fingerprint density at radius 2 is 1.63 bits per heavy atom. The van der Waals surface area contributed by atoms with Crippen molar-refractivity contribution in [1.82, 2.24) is 10.2 Å².